The van der Waals surface area contributed by atoms with Crippen LogP contribution in [0.2, 0.25) is 0 Å². The molecule has 1 amide bonds. The van der Waals surface area contributed by atoms with Gasteiger partial charge < -0.3 is 15.2 Å². The predicted octanol–water partition coefficient (Wildman–Crippen LogP) is 3.47. The summed E-state index contributed by atoms with van der Waals surface area (Å²) in [4.78, 5) is 23.5. The molecule has 1 fully saturated rings. The van der Waals surface area contributed by atoms with Gasteiger partial charge in [-0.05, 0) is 43.9 Å². The van der Waals surface area contributed by atoms with E-state index in [1.165, 1.54) is 0 Å². The van der Waals surface area contributed by atoms with Crippen molar-refractivity contribution in [3.63, 3.8) is 0 Å². The molecule has 1 aliphatic carbocycles. The molecule has 2 atom stereocenters. The second-order valence-electron chi connectivity index (χ2n) is 6.16. The van der Waals surface area contributed by atoms with Crippen LogP contribution in [0.4, 0.5) is 5.69 Å². The maximum Gasteiger partial charge on any atom is 0.306 e. The van der Waals surface area contributed by atoms with E-state index in [0.717, 1.165) is 18.4 Å². The van der Waals surface area contributed by atoms with E-state index in [-0.39, 0.29) is 11.8 Å². The van der Waals surface area contributed by atoms with E-state index in [0.29, 0.717) is 30.9 Å². The molecule has 0 radical (unpaired) electrons. The molecule has 0 heterocycles. The number of carbonyl (C=O) groups is 2. The fourth-order valence-electron chi connectivity index (χ4n) is 2.77. The summed E-state index contributed by atoms with van der Waals surface area (Å²) in [5, 5.41) is 12.0. The Morgan fingerprint density at radius 2 is 2.09 bits per heavy atom. The van der Waals surface area contributed by atoms with Gasteiger partial charge in [-0.25, -0.2) is 0 Å². The van der Waals surface area contributed by atoms with Gasteiger partial charge in [0.2, 0.25) is 5.91 Å². The van der Waals surface area contributed by atoms with E-state index in [1.54, 1.807) is 12.1 Å². The highest BCUT2D eigenvalue weighted by molar-refractivity contribution is 5.93. The van der Waals surface area contributed by atoms with E-state index in [2.05, 4.69) is 11.9 Å². The molecule has 2 rings (SSSR count). The number of carboxylic acid groups (broad SMARTS) is 1. The number of amides is 1. The van der Waals surface area contributed by atoms with E-state index < -0.39 is 11.9 Å². The van der Waals surface area contributed by atoms with Gasteiger partial charge in [0.1, 0.15) is 12.4 Å². The fourth-order valence-corrected chi connectivity index (χ4v) is 2.77. The minimum Gasteiger partial charge on any atom is -0.489 e. The van der Waals surface area contributed by atoms with Crippen LogP contribution < -0.4 is 10.1 Å². The first-order valence-corrected chi connectivity index (χ1v) is 7.86. The lowest BCUT2D eigenvalue weighted by Crippen LogP contribution is -2.30. The molecule has 1 aromatic carbocycles. The van der Waals surface area contributed by atoms with Crippen LogP contribution in [0.15, 0.2) is 36.4 Å². The Bertz CT molecular complexity index is 596. The number of nitrogens with one attached hydrogen (secondary N) is 1. The number of aliphatic carboxylic acids is 1. The zero-order valence-electron chi connectivity index (χ0n) is 13.4. The number of carbonyl (C=O) groups excluding carboxylic acids is 1. The number of anilines is 1. The van der Waals surface area contributed by atoms with Crippen LogP contribution in [0.3, 0.4) is 0 Å². The molecule has 5 nitrogen and oxygen atoms in total. The zero-order valence-corrected chi connectivity index (χ0v) is 13.4. The van der Waals surface area contributed by atoms with Crippen LogP contribution >= 0.6 is 0 Å². The molecule has 0 saturated heterocycles. The third-order valence-corrected chi connectivity index (χ3v) is 3.98. The number of carboxylic acids is 1. The van der Waals surface area contributed by atoms with Crippen molar-refractivity contribution in [3.8, 4) is 5.75 Å². The van der Waals surface area contributed by atoms with E-state index in [1.807, 2.05) is 19.1 Å². The second kappa shape index (κ2) is 7.81. The Kier molecular flexibility index (Phi) is 5.79. The summed E-state index contributed by atoms with van der Waals surface area (Å²) in [6.07, 6.45) is 2.58. The van der Waals surface area contributed by atoms with Crippen LogP contribution in [0.1, 0.15) is 32.6 Å². The second-order valence-corrected chi connectivity index (χ2v) is 6.16. The van der Waals surface area contributed by atoms with E-state index in [9.17, 15) is 9.59 Å². The van der Waals surface area contributed by atoms with Crippen LogP contribution in [0.25, 0.3) is 0 Å². The number of ether oxygens (including phenoxy) is 1. The summed E-state index contributed by atoms with van der Waals surface area (Å²) in [6, 6.07) is 7.19. The summed E-state index contributed by atoms with van der Waals surface area (Å²) in [5.74, 6) is -0.918. The SMILES string of the molecule is C=C(C)COc1cccc(NC(=O)C2CCCC(C(=O)O)C2)c1. The van der Waals surface area contributed by atoms with Gasteiger partial charge in [0, 0.05) is 17.7 Å². The van der Waals surface area contributed by atoms with Crippen molar-refractivity contribution in [1.29, 1.82) is 0 Å². The smallest absolute Gasteiger partial charge is 0.306 e. The molecule has 5 heteroatoms. The van der Waals surface area contributed by atoms with Crippen LogP contribution in [-0.2, 0) is 9.59 Å². The largest absolute Gasteiger partial charge is 0.489 e. The Labute approximate surface area is 136 Å². The van der Waals surface area contributed by atoms with E-state index in [4.69, 9.17) is 9.84 Å². The van der Waals surface area contributed by atoms with Crippen molar-refractivity contribution < 1.29 is 19.4 Å². The molecule has 2 N–H and O–H groups in total. The average Bonchev–Trinajstić information content (AvgIpc) is 2.53. The Morgan fingerprint density at radius 3 is 2.78 bits per heavy atom. The minimum atomic E-state index is -0.808. The molecular formula is C18H23NO4. The molecule has 0 aliphatic heterocycles. The summed E-state index contributed by atoms with van der Waals surface area (Å²) in [5.41, 5.74) is 1.58. The molecule has 0 bridgehead atoms. The molecule has 0 aromatic heterocycles. The van der Waals surface area contributed by atoms with Gasteiger partial charge in [-0.2, -0.15) is 0 Å². The highest BCUT2D eigenvalue weighted by Gasteiger charge is 2.31. The summed E-state index contributed by atoms with van der Waals surface area (Å²) >= 11 is 0. The molecule has 1 saturated carbocycles. The van der Waals surface area contributed by atoms with Crippen LogP contribution in [-0.4, -0.2) is 23.6 Å². The van der Waals surface area contributed by atoms with Gasteiger partial charge in [0.25, 0.3) is 0 Å². The fraction of sp³-hybridized carbons (Fsp3) is 0.444. The van der Waals surface area contributed by atoms with Crippen molar-refractivity contribution in [2.24, 2.45) is 11.8 Å². The molecule has 1 aliphatic rings. The first-order valence-electron chi connectivity index (χ1n) is 7.86. The molecule has 23 heavy (non-hydrogen) atoms. The van der Waals surface area contributed by atoms with Gasteiger partial charge in [-0.1, -0.05) is 19.1 Å². The van der Waals surface area contributed by atoms with E-state index >= 15 is 0 Å². The van der Waals surface area contributed by atoms with Gasteiger partial charge in [0.15, 0.2) is 0 Å². The summed E-state index contributed by atoms with van der Waals surface area (Å²) < 4.78 is 5.56. The third-order valence-electron chi connectivity index (χ3n) is 3.98. The van der Waals surface area contributed by atoms with Crippen molar-refractivity contribution in [3.05, 3.63) is 36.4 Å². The topological polar surface area (TPSA) is 75.6 Å². The highest BCUT2D eigenvalue weighted by atomic mass is 16.5. The quantitative estimate of drug-likeness (QED) is 0.788. The third kappa shape index (κ3) is 5.13. The van der Waals surface area contributed by atoms with Crippen LogP contribution in [0.5, 0.6) is 5.75 Å². The summed E-state index contributed by atoms with van der Waals surface area (Å²) in [6.45, 7) is 6.09. The first kappa shape index (κ1) is 17.1. The molecule has 1 aromatic rings. The van der Waals surface area contributed by atoms with Crippen molar-refractivity contribution in [2.45, 2.75) is 32.6 Å². The number of hydrogen-bond donors (Lipinski definition) is 2. The Hall–Kier alpha value is -2.30. The Balaban J connectivity index is 1.95. The summed E-state index contributed by atoms with van der Waals surface area (Å²) in [7, 11) is 0. The number of rotatable bonds is 6. The monoisotopic (exact) mass is 317 g/mol. The van der Waals surface area contributed by atoms with Crippen molar-refractivity contribution in [2.75, 3.05) is 11.9 Å². The maximum atomic E-state index is 12.4. The van der Waals surface area contributed by atoms with Crippen molar-refractivity contribution >= 4 is 17.6 Å². The molecular weight excluding hydrogens is 294 g/mol. The van der Waals surface area contributed by atoms with Gasteiger partial charge >= 0.3 is 5.97 Å². The lowest BCUT2D eigenvalue weighted by atomic mass is 9.81. The lowest BCUT2D eigenvalue weighted by molar-refractivity contribution is -0.143. The first-order chi connectivity index (χ1) is 11.0. The molecule has 124 valence electrons. The van der Waals surface area contributed by atoms with Crippen molar-refractivity contribution in [1.82, 2.24) is 0 Å². The maximum absolute atomic E-state index is 12.4. The van der Waals surface area contributed by atoms with Crippen LogP contribution in [0, 0.1) is 11.8 Å². The minimum absolute atomic E-state index is 0.118. The highest BCUT2D eigenvalue weighted by Crippen LogP contribution is 2.30. The predicted molar refractivity (Wildman–Crippen MR) is 88.5 cm³/mol. The lowest BCUT2D eigenvalue weighted by Gasteiger charge is -2.25. The van der Waals surface area contributed by atoms with Gasteiger partial charge in [-0.3, -0.25) is 9.59 Å². The average molecular weight is 317 g/mol. The number of benzene rings is 1. The number of hydrogen-bond acceptors (Lipinski definition) is 3. The molecule has 0 spiro atoms. The zero-order chi connectivity index (χ0) is 16.8. The Morgan fingerprint density at radius 1 is 1.35 bits per heavy atom. The normalized spacial score (nSPS) is 20.6. The molecule has 2 unspecified atom stereocenters. The van der Waals surface area contributed by atoms with Gasteiger partial charge in [0.05, 0.1) is 5.92 Å². The standard InChI is InChI=1S/C18H23NO4/c1-12(2)11-23-16-8-4-7-15(10-16)19-17(20)13-5-3-6-14(9-13)18(21)22/h4,7-8,10,13-14H,1,3,5-6,9,11H2,2H3,(H,19,20)(H,21,22). The van der Waals surface area contributed by atoms with Gasteiger partial charge in [-0.15, -0.1) is 0 Å².